The van der Waals surface area contributed by atoms with Crippen LogP contribution < -0.4 is 5.32 Å². The van der Waals surface area contributed by atoms with Gasteiger partial charge in [-0.15, -0.1) is 11.3 Å². The number of rotatable bonds is 4. The Morgan fingerprint density at radius 1 is 1.25 bits per heavy atom. The first kappa shape index (κ1) is 12.0. The molecule has 1 nitrogen and oxygen atoms in total. The molecule has 0 aliphatic carbocycles. The fourth-order valence-corrected chi connectivity index (χ4v) is 2.74. The van der Waals surface area contributed by atoms with E-state index in [2.05, 4.69) is 39.4 Å². The molecule has 2 aromatic rings. The van der Waals surface area contributed by atoms with Crippen LogP contribution in [0.25, 0.3) is 0 Å². The molecule has 1 aromatic carbocycles. The highest BCUT2D eigenvalue weighted by Crippen LogP contribution is 2.14. The quantitative estimate of drug-likeness (QED) is 0.830. The molecule has 0 radical (unpaired) electrons. The number of halogens is 2. The number of hydrogen-bond acceptors (Lipinski definition) is 2. The van der Waals surface area contributed by atoms with E-state index in [1.165, 1.54) is 10.9 Å². The summed E-state index contributed by atoms with van der Waals surface area (Å²) in [6.07, 6.45) is 0. The molecule has 0 spiro atoms. The number of benzene rings is 1. The smallest absolute Gasteiger partial charge is 0.124 e. The first-order chi connectivity index (χ1) is 7.75. The highest BCUT2D eigenvalue weighted by Gasteiger charge is 2.01. The van der Waals surface area contributed by atoms with Gasteiger partial charge in [-0.3, -0.25) is 0 Å². The molecule has 4 heteroatoms. The molecule has 0 atom stereocenters. The van der Waals surface area contributed by atoms with Crippen molar-refractivity contribution < 1.29 is 4.39 Å². The fraction of sp³-hybridized carbons (Fsp3) is 0.167. The first-order valence-corrected chi connectivity index (χ1v) is 6.88. The van der Waals surface area contributed by atoms with E-state index in [9.17, 15) is 4.39 Å². The minimum Gasteiger partial charge on any atom is -0.308 e. The van der Waals surface area contributed by atoms with Crippen molar-refractivity contribution in [2.24, 2.45) is 0 Å². The van der Waals surface area contributed by atoms with E-state index in [0.29, 0.717) is 0 Å². The maximum absolute atomic E-state index is 12.9. The summed E-state index contributed by atoms with van der Waals surface area (Å²) in [4.78, 5) is 1.32. The van der Waals surface area contributed by atoms with Gasteiger partial charge in [0.15, 0.2) is 0 Å². The van der Waals surface area contributed by atoms with E-state index in [0.717, 1.165) is 22.2 Å². The Morgan fingerprint density at radius 2 is 2.12 bits per heavy atom. The molecule has 1 aromatic heterocycles. The Balaban J connectivity index is 1.90. The van der Waals surface area contributed by atoms with Crippen LogP contribution in [0.4, 0.5) is 4.39 Å². The van der Waals surface area contributed by atoms with Gasteiger partial charge in [0.25, 0.3) is 0 Å². The SMILES string of the molecule is Fc1ccc(CNCc2cccs2)c(I)c1. The van der Waals surface area contributed by atoms with Crippen molar-refractivity contribution >= 4 is 33.9 Å². The maximum Gasteiger partial charge on any atom is 0.124 e. The zero-order valence-corrected chi connectivity index (χ0v) is 11.5. The van der Waals surface area contributed by atoms with Gasteiger partial charge in [-0.25, -0.2) is 4.39 Å². The first-order valence-electron chi connectivity index (χ1n) is 4.93. The second-order valence-corrected chi connectivity index (χ2v) is 5.61. The summed E-state index contributed by atoms with van der Waals surface area (Å²) in [5.74, 6) is -0.175. The molecular formula is C12H11FINS. The van der Waals surface area contributed by atoms with Gasteiger partial charge in [0.1, 0.15) is 5.82 Å². The minimum absolute atomic E-state index is 0.175. The van der Waals surface area contributed by atoms with E-state index in [1.54, 1.807) is 17.4 Å². The normalized spacial score (nSPS) is 10.6. The van der Waals surface area contributed by atoms with Gasteiger partial charge in [0.2, 0.25) is 0 Å². The monoisotopic (exact) mass is 347 g/mol. The Kier molecular flexibility index (Phi) is 4.31. The molecule has 2 rings (SSSR count). The summed E-state index contributed by atoms with van der Waals surface area (Å²) in [5, 5.41) is 5.42. The lowest BCUT2D eigenvalue weighted by atomic mass is 10.2. The minimum atomic E-state index is -0.175. The van der Waals surface area contributed by atoms with Crippen LogP contribution in [0.5, 0.6) is 0 Å². The third-order valence-electron chi connectivity index (χ3n) is 2.21. The van der Waals surface area contributed by atoms with Crippen LogP contribution in [0.2, 0.25) is 0 Å². The van der Waals surface area contributed by atoms with Gasteiger partial charge in [-0.2, -0.15) is 0 Å². The lowest BCUT2D eigenvalue weighted by Gasteiger charge is -2.05. The largest absolute Gasteiger partial charge is 0.308 e. The molecule has 84 valence electrons. The van der Waals surface area contributed by atoms with Gasteiger partial charge < -0.3 is 5.32 Å². The third-order valence-corrected chi connectivity index (χ3v) is 4.09. The van der Waals surface area contributed by atoms with Gasteiger partial charge >= 0.3 is 0 Å². The van der Waals surface area contributed by atoms with Crippen molar-refractivity contribution in [2.75, 3.05) is 0 Å². The second kappa shape index (κ2) is 5.75. The van der Waals surface area contributed by atoms with Crippen molar-refractivity contribution in [1.82, 2.24) is 5.32 Å². The summed E-state index contributed by atoms with van der Waals surface area (Å²) < 4.78 is 13.8. The predicted molar refractivity (Wildman–Crippen MR) is 74.0 cm³/mol. The van der Waals surface area contributed by atoms with Gasteiger partial charge in [0, 0.05) is 21.5 Å². The second-order valence-electron chi connectivity index (χ2n) is 3.42. The van der Waals surface area contributed by atoms with Gasteiger partial charge in [-0.05, 0) is 51.7 Å². The summed E-state index contributed by atoms with van der Waals surface area (Å²) in [6, 6.07) is 9.04. The molecule has 0 fully saturated rings. The fourth-order valence-electron chi connectivity index (χ4n) is 1.40. The van der Waals surface area contributed by atoms with Crippen molar-refractivity contribution in [1.29, 1.82) is 0 Å². The Labute approximate surface area is 112 Å². The predicted octanol–water partition coefficient (Wildman–Crippen LogP) is 3.78. The Hall–Kier alpha value is -0.460. The van der Waals surface area contributed by atoms with E-state index < -0.39 is 0 Å². The molecule has 0 saturated carbocycles. The van der Waals surface area contributed by atoms with E-state index in [-0.39, 0.29) is 5.82 Å². The number of nitrogens with one attached hydrogen (secondary N) is 1. The van der Waals surface area contributed by atoms with Crippen LogP contribution in [-0.2, 0) is 13.1 Å². The summed E-state index contributed by atoms with van der Waals surface area (Å²) in [7, 11) is 0. The zero-order chi connectivity index (χ0) is 11.4. The van der Waals surface area contributed by atoms with Crippen molar-refractivity contribution in [3.8, 4) is 0 Å². The van der Waals surface area contributed by atoms with Crippen LogP contribution in [0.15, 0.2) is 35.7 Å². The number of hydrogen-bond donors (Lipinski definition) is 1. The highest BCUT2D eigenvalue weighted by atomic mass is 127. The standard InChI is InChI=1S/C12H11FINS/c13-10-4-3-9(12(14)6-10)7-15-8-11-2-1-5-16-11/h1-6,15H,7-8H2. The van der Waals surface area contributed by atoms with Crippen molar-refractivity contribution in [2.45, 2.75) is 13.1 Å². The molecule has 0 amide bonds. The zero-order valence-electron chi connectivity index (χ0n) is 8.54. The van der Waals surface area contributed by atoms with E-state index in [1.807, 2.05) is 12.1 Å². The van der Waals surface area contributed by atoms with Crippen LogP contribution >= 0.6 is 33.9 Å². The average Bonchev–Trinajstić information content (AvgIpc) is 2.74. The van der Waals surface area contributed by atoms with Crippen molar-refractivity contribution in [3.05, 3.63) is 55.5 Å². The number of thiophene rings is 1. The summed E-state index contributed by atoms with van der Waals surface area (Å²) >= 11 is 3.90. The Morgan fingerprint density at radius 3 is 2.81 bits per heavy atom. The van der Waals surface area contributed by atoms with Crippen LogP contribution in [0, 0.1) is 9.39 Å². The topological polar surface area (TPSA) is 12.0 Å². The maximum atomic E-state index is 12.9. The highest BCUT2D eigenvalue weighted by molar-refractivity contribution is 14.1. The van der Waals surface area contributed by atoms with Gasteiger partial charge in [-0.1, -0.05) is 12.1 Å². The lowest BCUT2D eigenvalue weighted by Crippen LogP contribution is -2.12. The molecule has 16 heavy (non-hydrogen) atoms. The van der Waals surface area contributed by atoms with Crippen LogP contribution in [0.3, 0.4) is 0 Å². The summed E-state index contributed by atoms with van der Waals surface area (Å²) in [6.45, 7) is 1.64. The molecule has 0 aliphatic heterocycles. The molecule has 0 aliphatic rings. The van der Waals surface area contributed by atoms with Crippen molar-refractivity contribution in [3.63, 3.8) is 0 Å². The third kappa shape index (κ3) is 3.26. The molecule has 1 N–H and O–H groups in total. The van der Waals surface area contributed by atoms with Crippen LogP contribution in [-0.4, -0.2) is 0 Å². The average molecular weight is 347 g/mol. The van der Waals surface area contributed by atoms with Crippen LogP contribution in [0.1, 0.15) is 10.4 Å². The molecule has 0 saturated heterocycles. The van der Waals surface area contributed by atoms with E-state index >= 15 is 0 Å². The molecule has 0 bridgehead atoms. The molecule has 0 unspecified atom stereocenters. The van der Waals surface area contributed by atoms with Gasteiger partial charge in [0.05, 0.1) is 0 Å². The Bertz CT molecular complexity index is 456. The molecular weight excluding hydrogens is 336 g/mol. The van der Waals surface area contributed by atoms with E-state index in [4.69, 9.17) is 0 Å². The summed E-state index contributed by atoms with van der Waals surface area (Å²) in [5.41, 5.74) is 1.14. The lowest BCUT2D eigenvalue weighted by molar-refractivity contribution is 0.623. The molecule has 1 heterocycles.